The van der Waals surface area contributed by atoms with Crippen LogP contribution in [-0.4, -0.2) is 18.2 Å². The Balaban J connectivity index is 1.66. The minimum atomic E-state index is -0.433. The molecule has 5 heteroatoms. The standard InChI is InChI=1S/C19H17NO4/c1-13-8-9-15(10-17(13)22-2)19(21)23-12-16-11-18(24-20-16)14-6-4-3-5-7-14/h3-11H,12H2,1-2H3. The smallest absolute Gasteiger partial charge is 0.338 e. The summed E-state index contributed by atoms with van der Waals surface area (Å²) in [5, 5.41) is 3.93. The van der Waals surface area contributed by atoms with Gasteiger partial charge in [0.05, 0.1) is 12.7 Å². The van der Waals surface area contributed by atoms with Crippen LogP contribution in [0, 0.1) is 6.92 Å². The average Bonchev–Trinajstić information content (AvgIpc) is 3.10. The topological polar surface area (TPSA) is 61.6 Å². The van der Waals surface area contributed by atoms with E-state index in [0.717, 1.165) is 11.1 Å². The molecule has 0 saturated carbocycles. The van der Waals surface area contributed by atoms with Crippen molar-refractivity contribution in [2.24, 2.45) is 0 Å². The maximum atomic E-state index is 12.1. The van der Waals surface area contributed by atoms with E-state index in [0.29, 0.717) is 22.8 Å². The van der Waals surface area contributed by atoms with Crippen molar-refractivity contribution >= 4 is 5.97 Å². The largest absolute Gasteiger partial charge is 0.496 e. The summed E-state index contributed by atoms with van der Waals surface area (Å²) >= 11 is 0. The van der Waals surface area contributed by atoms with Crippen LogP contribution in [0.1, 0.15) is 21.6 Å². The molecule has 0 aliphatic rings. The van der Waals surface area contributed by atoms with Gasteiger partial charge in [-0.3, -0.25) is 0 Å². The zero-order valence-corrected chi connectivity index (χ0v) is 13.5. The Bertz CT molecular complexity index is 840. The summed E-state index contributed by atoms with van der Waals surface area (Å²) in [6, 6.07) is 16.6. The molecule has 0 unspecified atom stereocenters. The first-order valence-corrected chi connectivity index (χ1v) is 7.50. The zero-order valence-electron chi connectivity index (χ0n) is 13.5. The zero-order chi connectivity index (χ0) is 16.9. The highest BCUT2D eigenvalue weighted by Crippen LogP contribution is 2.21. The Morgan fingerprint density at radius 2 is 1.92 bits per heavy atom. The highest BCUT2D eigenvalue weighted by molar-refractivity contribution is 5.90. The molecule has 0 aliphatic heterocycles. The van der Waals surface area contributed by atoms with Gasteiger partial charge in [-0.25, -0.2) is 4.79 Å². The van der Waals surface area contributed by atoms with Crippen LogP contribution in [-0.2, 0) is 11.3 Å². The summed E-state index contributed by atoms with van der Waals surface area (Å²) < 4.78 is 15.8. The third-order valence-corrected chi connectivity index (χ3v) is 3.61. The number of hydrogen-bond donors (Lipinski definition) is 0. The van der Waals surface area contributed by atoms with Gasteiger partial charge in [-0.05, 0) is 24.6 Å². The Morgan fingerprint density at radius 1 is 1.12 bits per heavy atom. The number of ether oxygens (including phenoxy) is 2. The van der Waals surface area contributed by atoms with Crippen molar-refractivity contribution in [1.29, 1.82) is 0 Å². The summed E-state index contributed by atoms with van der Waals surface area (Å²) in [4.78, 5) is 12.1. The van der Waals surface area contributed by atoms with Gasteiger partial charge in [0, 0.05) is 11.6 Å². The van der Waals surface area contributed by atoms with Crippen LogP contribution in [0.25, 0.3) is 11.3 Å². The average molecular weight is 323 g/mol. The van der Waals surface area contributed by atoms with Crippen LogP contribution in [0.5, 0.6) is 5.75 Å². The molecule has 0 spiro atoms. The Labute approximate surface area is 139 Å². The van der Waals surface area contributed by atoms with E-state index in [-0.39, 0.29) is 6.61 Å². The van der Waals surface area contributed by atoms with Crippen LogP contribution < -0.4 is 4.74 Å². The number of benzene rings is 2. The normalized spacial score (nSPS) is 10.4. The van der Waals surface area contributed by atoms with Gasteiger partial charge in [-0.1, -0.05) is 41.6 Å². The predicted octanol–water partition coefficient (Wildman–Crippen LogP) is 4.02. The van der Waals surface area contributed by atoms with Crippen molar-refractivity contribution in [1.82, 2.24) is 5.16 Å². The summed E-state index contributed by atoms with van der Waals surface area (Å²) in [5.41, 5.74) is 2.87. The van der Waals surface area contributed by atoms with Crippen molar-refractivity contribution < 1.29 is 18.8 Å². The minimum Gasteiger partial charge on any atom is -0.496 e. The molecule has 0 N–H and O–H groups in total. The molecule has 0 saturated heterocycles. The number of aromatic nitrogens is 1. The molecule has 1 aromatic heterocycles. The van der Waals surface area contributed by atoms with Crippen molar-refractivity contribution in [3.05, 3.63) is 71.4 Å². The van der Waals surface area contributed by atoms with E-state index in [1.54, 1.807) is 25.3 Å². The highest BCUT2D eigenvalue weighted by atomic mass is 16.5. The number of carbonyl (C=O) groups is 1. The number of esters is 1. The van der Waals surface area contributed by atoms with E-state index in [1.807, 2.05) is 43.3 Å². The SMILES string of the molecule is COc1cc(C(=O)OCc2cc(-c3ccccc3)on2)ccc1C. The molecule has 0 bridgehead atoms. The van der Waals surface area contributed by atoms with E-state index < -0.39 is 5.97 Å². The van der Waals surface area contributed by atoms with Crippen molar-refractivity contribution in [2.75, 3.05) is 7.11 Å². The second-order valence-electron chi connectivity index (χ2n) is 5.31. The lowest BCUT2D eigenvalue weighted by molar-refractivity contribution is 0.0464. The lowest BCUT2D eigenvalue weighted by atomic mass is 10.1. The molecule has 122 valence electrons. The van der Waals surface area contributed by atoms with Crippen LogP contribution in [0.4, 0.5) is 0 Å². The number of nitrogens with zero attached hydrogens (tertiary/aromatic N) is 1. The van der Waals surface area contributed by atoms with Crippen molar-refractivity contribution in [3.63, 3.8) is 0 Å². The second-order valence-corrected chi connectivity index (χ2v) is 5.31. The maximum absolute atomic E-state index is 12.1. The minimum absolute atomic E-state index is 0.0470. The maximum Gasteiger partial charge on any atom is 0.338 e. The van der Waals surface area contributed by atoms with E-state index in [2.05, 4.69) is 5.16 Å². The summed E-state index contributed by atoms with van der Waals surface area (Å²) in [5.74, 6) is 0.855. The third kappa shape index (κ3) is 3.46. The van der Waals surface area contributed by atoms with Crippen LogP contribution in [0.15, 0.2) is 59.1 Å². The first kappa shape index (κ1) is 15.8. The number of rotatable bonds is 5. The van der Waals surface area contributed by atoms with Crippen LogP contribution >= 0.6 is 0 Å². The fraction of sp³-hybridized carbons (Fsp3) is 0.158. The molecule has 0 fully saturated rings. The van der Waals surface area contributed by atoms with Crippen molar-refractivity contribution in [2.45, 2.75) is 13.5 Å². The summed E-state index contributed by atoms with van der Waals surface area (Å²) in [7, 11) is 1.57. The van der Waals surface area contributed by atoms with E-state index in [9.17, 15) is 4.79 Å². The van der Waals surface area contributed by atoms with E-state index >= 15 is 0 Å². The highest BCUT2D eigenvalue weighted by Gasteiger charge is 2.12. The third-order valence-electron chi connectivity index (χ3n) is 3.61. The van der Waals surface area contributed by atoms with Gasteiger partial charge < -0.3 is 14.0 Å². The molecule has 1 heterocycles. The monoisotopic (exact) mass is 323 g/mol. The molecule has 0 radical (unpaired) electrons. The molecule has 5 nitrogen and oxygen atoms in total. The molecule has 3 aromatic rings. The lowest BCUT2D eigenvalue weighted by Gasteiger charge is -2.07. The molecule has 0 atom stereocenters. The number of hydrogen-bond acceptors (Lipinski definition) is 5. The predicted molar refractivity (Wildman–Crippen MR) is 88.8 cm³/mol. The quantitative estimate of drug-likeness (QED) is 0.664. The molecule has 0 amide bonds. The van der Waals surface area contributed by atoms with Gasteiger partial charge in [0.1, 0.15) is 18.1 Å². The fourth-order valence-corrected chi connectivity index (χ4v) is 2.29. The van der Waals surface area contributed by atoms with Crippen LogP contribution in [0.3, 0.4) is 0 Å². The number of carbonyl (C=O) groups excluding carboxylic acids is 1. The van der Waals surface area contributed by atoms with Gasteiger partial charge in [-0.2, -0.15) is 0 Å². The molecule has 24 heavy (non-hydrogen) atoms. The summed E-state index contributed by atoms with van der Waals surface area (Å²) in [6.07, 6.45) is 0. The lowest BCUT2D eigenvalue weighted by Crippen LogP contribution is -2.06. The van der Waals surface area contributed by atoms with Gasteiger partial charge in [0.15, 0.2) is 5.76 Å². The molecule has 3 rings (SSSR count). The Morgan fingerprint density at radius 3 is 2.67 bits per heavy atom. The van der Waals surface area contributed by atoms with Crippen LogP contribution in [0.2, 0.25) is 0 Å². The van der Waals surface area contributed by atoms with Gasteiger partial charge in [-0.15, -0.1) is 0 Å². The molecular formula is C19H17NO4. The van der Waals surface area contributed by atoms with Gasteiger partial charge >= 0.3 is 5.97 Å². The van der Waals surface area contributed by atoms with Gasteiger partial charge in [0.25, 0.3) is 0 Å². The van der Waals surface area contributed by atoms with Crippen molar-refractivity contribution in [3.8, 4) is 17.1 Å². The molecular weight excluding hydrogens is 306 g/mol. The first-order chi connectivity index (χ1) is 11.7. The molecule has 2 aromatic carbocycles. The second kappa shape index (κ2) is 7.00. The number of aryl methyl sites for hydroxylation is 1. The first-order valence-electron chi connectivity index (χ1n) is 7.50. The fourth-order valence-electron chi connectivity index (χ4n) is 2.29. The Kier molecular flexibility index (Phi) is 4.61. The Hall–Kier alpha value is -3.08. The number of methoxy groups -OCH3 is 1. The molecule has 0 aliphatic carbocycles. The van der Waals surface area contributed by atoms with Gasteiger partial charge in [0.2, 0.25) is 0 Å². The summed E-state index contributed by atoms with van der Waals surface area (Å²) in [6.45, 7) is 1.96. The van der Waals surface area contributed by atoms with E-state index in [1.165, 1.54) is 0 Å². The van der Waals surface area contributed by atoms with E-state index in [4.69, 9.17) is 14.0 Å².